The molecule has 0 unspecified atom stereocenters. The summed E-state index contributed by atoms with van der Waals surface area (Å²) >= 11 is 12.7. The molecule has 0 aliphatic heterocycles. The molecule has 0 saturated carbocycles. The van der Waals surface area contributed by atoms with Crippen molar-refractivity contribution < 1.29 is 29.1 Å². The zero-order valence-electron chi connectivity index (χ0n) is 17.3. The molecule has 0 atom stereocenters. The number of carbonyl (C=O) groups excluding carboxylic acids is 1. The Morgan fingerprint density at radius 2 is 1.85 bits per heavy atom. The normalized spacial score (nSPS) is 10.5. The van der Waals surface area contributed by atoms with Crippen LogP contribution in [-0.4, -0.2) is 40.7 Å². The third-order valence-electron chi connectivity index (χ3n) is 4.63. The highest BCUT2D eigenvalue weighted by atomic mass is 35.5. The van der Waals surface area contributed by atoms with Crippen molar-refractivity contribution in [2.75, 3.05) is 13.7 Å². The van der Waals surface area contributed by atoms with Gasteiger partial charge in [0.05, 0.1) is 34.0 Å². The van der Waals surface area contributed by atoms with E-state index in [1.54, 1.807) is 25.1 Å². The zero-order valence-corrected chi connectivity index (χ0v) is 18.8. The molecule has 0 fully saturated rings. The van der Waals surface area contributed by atoms with Crippen molar-refractivity contribution in [3.8, 4) is 28.1 Å². The summed E-state index contributed by atoms with van der Waals surface area (Å²) in [5.74, 6) is -1.76. The van der Waals surface area contributed by atoms with E-state index in [1.165, 1.54) is 31.4 Å². The van der Waals surface area contributed by atoms with E-state index in [9.17, 15) is 19.7 Å². The van der Waals surface area contributed by atoms with Gasteiger partial charge in [-0.15, -0.1) is 0 Å². The number of hydrogen-bond donors (Lipinski definition) is 1. The standard InChI is InChI=1S/C22H16Cl2N2O7/c1-11-19(22(29)32-2)15(12-4-3-5-13(8-12)26(30)31)9-16(25-11)14-6-7-17(21(24)20(14)23)33-10-18(27)28/h3-9H,10H2,1-2H3,(H,27,28). The first-order valence-corrected chi connectivity index (χ1v) is 10.1. The highest BCUT2D eigenvalue weighted by Gasteiger charge is 2.22. The van der Waals surface area contributed by atoms with Crippen LogP contribution in [0.5, 0.6) is 5.75 Å². The average Bonchev–Trinajstić information content (AvgIpc) is 2.79. The number of esters is 1. The fraction of sp³-hybridized carbons (Fsp3) is 0.136. The van der Waals surface area contributed by atoms with E-state index < -0.39 is 23.5 Å². The van der Waals surface area contributed by atoms with Crippen LogP contribution >= 0.6 is 23.2 Å². The average molecular weight is 491 g/mol. The number of ether oxygens (including phenoxy) is 2. The van der Waals surface area contributed by atoms with Crippen LogP contribution in [0, 0.1) is 17.0 Å². The van der Waals surface area contributed by atoms with Crippen molar-refractivity contribution in [2.24, 2.45) is 0 Å². The number of carbonyl (C=O) groups is 2. The fourth-order valence-electron chi connectivity index (χ4n) is 3.17. The highest BCUT2D eigenvalue weighted by molar-refractivity contribution is 6.44. The lowest BCUT2D eigenvalue weighted by Gasteiger charge is -2.15. The minimum Gasteiger partial charge on any atom is -0.480 e. The Morgan fingerprint density at radius 1 is 1.12 bits per heavy atom. The molecular weight excluding hydrogens is 475 g/mol. The van der Waals surface area contributed by atoms with Crippen molar-refractivity contribution in [3.63, 3.8) is 0 Å². The number of aromatic nitrogens is 1. The predicted octanol–water partition coefficient (Wildman–Crippen LogP) is 5.19. The molecule has 0 radical (unpaired) electrons. The van der Waals surface area contributed by atoms with Crippen LogP contribution in [0.25, 0.3) is 22.4 Å². The number of carboxylic acid groups (broad SMARTS) is 1. The summed E-state index contributed by atoms with van der Waals surface area (Å²) in [4.78, 5) is 38.4. The minimum absolute atomic E-state index is 0.0104. The molecule has 3 rings (SSSR count). The smallest absolute Gasteiger partial charge is 0.341 e. The predicted molar refractivity (Wildman–Crippen MR) is 121 cm³/mol. The van der Waals surface area contributed by atoms with Gasteiger partial charge in [-0.2, -0.15) is 0 Å². The van der Waals surface area contributed by atoms with E-state index in [-0.39, 0.29) is 27.0 Å². The van der Waals surface area contributed by atoms with Gasteiger partial charge >= 0.3 is 11.9 Å². The molecule has 2 aromatic carbocycles. The van der Waals surface area contributed by atoms with E-state index in [0.29, 0.717) is 28.1 Å². The molecule has 3 aromatic rings. The number of nitro benzene ring substituents is 1. The molecule has 0 amide bonds. The summed E-state index contributed by atoms with van der Waals surface area (Å²) in [7, 11) is 1.22. The van der Waals surface area contributed by atoms with Crippen LogP contribution in [-0.2, 0) is 9.53 Å². The Bertz CT molecular complexity index is 1280. The summed E-state index contributed by atoms with van der Waals surface area (Å²) in [6.07, 6.45) is 0. The second-order valence-corrected chi connectivity index (χ2v) is 7.49. The van der Waals surface area contributed by atoms with Crippen LogP contribution in [0.4, 0.5) is 5.69 Å². The highest BCUT2D eigenvalue weighted by Crippen LogP contribution is 2.41. The lowest BCUT2D eigenvalue weighted by molar-refractivity contribution is -0.384. The number of benzene rings is 2. The largest absolute Gasteiger partial charge is 0.480 e. The monoisotopic (exact) mass is 490 g/mol. The van der Waals surface area contributed by atoms with Crippen molar-refractivity contribution >= 4 is 40.8 Å². The van der Waals surface area contributed by atoms with Gasteiger partial charge in [0, 0.05) is 23.3 Å². The summed E-state index contributed by atoms with van der Waals surface area (Å²) in [6, 6.07) is 10.3. The minimum atomic E-state index is -1.18. The number of halogens is 2. The second-order valence-electron chi connectivity index (χ2n) is 6.74. The van der Waals surface area contributed by atoms with Gasteiger partial charge in [-0.1, -0.05) is 35.3 Å². The van der Waals surface area contributed by atoms with E-state index in [2.05, 4.69) is 4.98 Å². The van der Waals surface area contributed by atoms with Crippen LogP contribution in [0.2, 0.25) is 10.0 Å². The van der Waals surface area contributed by atoms with Gasteiger partial charge < -0.3 is 14.6 Å². The van der Waals surface area contributed by atoms with E-state index >= 15 is 0 Å². The summed E-state index contributed by atoms with van der Waals surface area (Å²) in [6.45, 7) is 0.994. The van der Waals surface area contributed by atoms with Crippen molar-refractivity contribution in [1.82, 2.24) is 4.98 Å². The lowest BCUT2D eigenvalue weighted by atomic mass is 9.96. The second kappa shape index (κ2) is 9.85. The first-order chi connectivity index (χ1) is 15.6. The lowest BCUT2D eigenvalue weighted by Crippen LogP contribution is -2.10. The molecule has 0 aliphatic rings. The number of carboxylic acids is 1. The Morgan fingerprint density at radius 3 is 2.48 bits per heavy atom. The maximum atomic E-state index is 12.5. The first-order valence-electron chi connectivity index (χ1n) is 9.31. The molecular formula is C22H16Cl2N2O7. The quantitative estimate of drug-likeness (QED) is 0.272. The molecule has 11 heteroatoms. The number of nitrogens with zero attached hydrogens (tertiary/aromatic N) is 2. The molecule has 0 bridgehead atoms. The molecule has 170 valence electrons. The van der Waals surface area contributed by atoms with Crippen molar-refractivity contribution in [1.29, 1.82) is 0 Å². The van der Waals surface area contributed by atoms with Gasteiger partial charge in [-0.25, -0.2) is 9.59 Å². The Kier molecular flexibility index (Phi) is 7.15. The molecule has 1 N–H and O–H groups in total. The number of methoxy groups -OCH3 is 1. The number of aliphatic carboxylic acids is 1. The van der Waals surface area contributed by atoms with Crippen molar-refractivity contribution in [2.45, 2.75) is 6.92 Å². The molecule has 9 nitrogen and oxygen atoms in total. The Labute approximate surface area is 197 Å². The molecule has 33 heavy (non-hydrogen) atoms. The van der Waals surface area contributed by atoms with Gasteiger partial charge in [0.15, 0.2) is 6.61 Å². The summed E-state index contributed by atoms with van der Waals surface area (Å²) in [5, 5.41) is 20.1. The molecule has 1 aromatic heterocycles. The number of non-ortho nitro benzene ring substituents is 1. The number of rotatable bonds is 7. The van der Waals surface area contributed by atoms with Crippen LogP contribution in [0.15, 0.2) is 42.5 Å². The Hall–Kier alpha value is -3.69. The van der Waals surface area contributed by atoms with Gasteiger partial charge in [-0.3, -0.25) is 15.1 Å². The van der Waals surface area contributed by atoms with E-state index in [4.69, 9.17) is 37.8 Å². The number of pyridine rings is 1. The van der Waals surface area contributed by atoms with Crippen LogP contribution in [0.3, 0.4) is 0 Å². The topological polar surface area (TPSA) is 129 Å². The SMILES string of the molecule is COC(=O)c1c(-c2cccc([N+](=O)[O-])c2)cc(-c2ccc(OCC(=O)O)c(Cl)c2Cl)nc1C. The van der Waals surface area contributed by atoms with Crippen molar-refractivity contribution in [3.05, 3.63) is 73.9 Å². The van der Waals surface area contributed by atoms with Gasteiger partial charge in [0.1, 0.15) is 10.8 Å². The summed E-state index contributed by atoms with van der Waals surface area (Å²) < 4.78 is 10.0. The number of hydrogen-bond acceptors (Lipinski definition) is 7. The van der Waals surface area contributed by atoms with Crippen LogP contribution in [0.1, 0.15) is 16.1 Å². The zero-order chi connectivity index (χ0) is 24.3. The molecule has 0 saturated heterocycles. The first kappa shape index (κ1) is 24.0. The fourth-order valence-corrected chi connectivity index (χ4v) is 3.64. The maximum absolute atomic E-state index is 12.5. The summed E-state index contributed by atoms with van der Waals surface area (Å²) in [5.41, 5.74) is 1.77. The molecule has 0 spiro atoms. The van der Waals surface area contributed by atoms with Gasteiger partial charge in [-0.05, 0) is 30.7 Å². The number of aryl methyl sites for hydroxylation is 1. The van der Waals surface area contributed by atoms with Gasteiger partial charge in [0.2, 0.25) is 0 Å². The van der Waals surface area contributed by atoms with Crippen LogP contribution < -0.4 is 4.74 Å². The Balaban J connectivity index is 2.20. The molecule has 1 heterocycles. The third-order valence-corrected chi connectivity index (χ3v) is 5.50. The van der Waals surface area contributed by atoms with E-state index in [0.717, 1.165) is 0 Å². The third kappa shape index (κ3) is 5.05. The molecule has 0 aliphatic carbocycles. The maximum Gasteiger partial charge on any atom is 0.341 e. The van der Waals surface area contributed by atoms with E-state index in [1.807, 2.05) is 0 Å². The number of nitro groups is 1. The van der Waals surface area contributed by atoms with Gasteiger partial charge in [0.25, 0.3) is 5.69 Å².